The number of nitriles is 1. The van der Waals surface area contributed by atoms with Crippen LogP contribution in [0.25, 0.3) is 0 Å². The SMILES string of the molecule is N#Cc1cc(F)cc(N2C[C@H](NC(=O)[C@H](CCC(F)(F)F)[C@@H](C(N)=O)c3ccccc3)C(=O)Nc3c(Cl)cccc32)c1. The molecule has 4 N–H and O–H groups in total. The molecule has 0 saturated carbocycles. The van der Waals surface area contributed by atoms with E-state index in [1.807, 2.05) is 6.07 Å². The van der Waals surface area contributed by atoms with E-state index in [9.17, 15) is 37.2 Å². The number of benzene rings is 3. The van der Waals surface area contributed by atoms with Crippen molar-refractivity contribution in [2.45, 2.75) is 31.0 Å². The molecule has 1 aliphatic heterocycles. The van der Waals surface area contributed by atoms with Gasteiger partial charge in [0.25, 0.3) is 0 Å². The van der Waals surface area contributed by atoms with E-state index in [1.54, 1.807) is 30.3 Å². The Bertz CT molecular complexity index is 1540. The zero-order valence-corrected chi connectivity index (χ0v) is 22.5. The largest absolute Gasteiger partial charge is 0.389 e. The van der Waals surface area contributed by atoms with Crippen LogP contribution in [0.2, 0.25) is 5.02 Å². The maximum Gasteiger partial charge on any atom is 0.389 e. The van der Waals surface area contributed by atoms with Gasteiger partial charge in [-0.2, -0.15) is 18.4 Å². The van der Waals surface area contributed by atoms with Crippen molar-refractivity contribution >= 4 is 46.4 Å². The lowest BCUT2D eigenvalue weighted by atomic mass is 9.81. The number of anilines is 3. The summed E-state index contributed by atoms with van der Waals surface area (Å²) in [6.07, 6.45) is -6.80. The molecule has 218 valence electrons. The van der Waals surface area contributed by atoms with Gasteiger partial charge in [-0.05, 0) is 42.3 Å². The normalized spacial score (nSPS) is 16.3. The summed E-state index contributed by atoms with van der Waals surface area (Å²) in [5, 5.41) is 14.6. The molecule has 0 aromatic heterocycles. The van der Waals surface area contributed by atoms with Gasteiger partial charge in [0.15, 0.2) is 0 Å². The van der Waals surface area contributed by atoms with Crippen LogP contribution in [-0.4, -0.2) is 36.5 Å². The molecule has 1 heterocycles. The van der Waals surface area contributed by atoms with Gasteiger partial charge in [-0.25, -0.2) is 4.39 Å². The highest BCUT2D eigenvalue weighted by Crippen LogP contribution is 2.40. The number of rotatable bonds is 8. The molecule has 0 spiro atoms. The van der Waals surface area contributed by atoms with Gasteiger partial charge < -0.3 is 21.3 Å². The molecule has 0 radical (unpaired) electrons. The van der Waals surface area contributed by atoms with E-state index < -0.39 is 60.4 Å². The molecule has 3 atom stereocenters. The van der Waals surface area contributed by atoms with Gasteiger partial charge in [-0.15, -0.1) is 0 Å². The molecule has 0 saturated heterocycles. The van der Waals surface area contributed by atoms with Crippen molar-refractivity contribution in [3.05, 3.63) is 88.7 Å². The number of fused-ring (bicyclic) bond motifs is 1. The number of para-hydroxylation sites is 1. The van der Waals surface area contributed by atoms with Crippen molar-refractivity contribution in [1.29, 1.82) is 5.26 Å². The molecule has 3 aromatic carbocycles. The van der Waals surface area contributed by atoms with Crippen LogP contribution in [0, 0.1) is 23.1 Å². The highest BCUT2D eigenvalue weighted by molar-refractivity contribution is 6.34. The molecular formula is C29H24ClF4N5O3. The minimum atomic E-state index is -4.64. The molecule has 3 amide bonds. The van der Waals surface area contributed by atoms with Crippen LogP contribution in [0.3, 0.4) is 0 Å². The number of primary amides is 1. The smallest absolute Gasteiger partial charge is 0.369 e. The summed E-state index contributed by atoms with van der Waals surface area (Å²) >= 11 is 6.34. The Morgan fingerprint density at radius 1 is 1.14 bits per heavy atom. The molecule has 1 aliphatic rings. The summed E-state index contributed by atoms with van der Waals surface area (Å²) < 4.78 is 54.2. The van der Waals surface area contributed by atoms with Crippen molar-refractivity contribution in [2.24, 2.45) is 11.7 Å². The van der Waals surface area contributed by atoms with Crippen molar-refractivity contribution in [3.8, 4) is 6.07 Å². The van der Waals surface area contributed by atoms with Crippen LogP contribution in [0.4, 0.5) is 34.6 Å². The molecule has 0 fully saturated rings. The van der Waals surface area contributed by atoms with Crippen LogP contribution in [0.1, 0.15) is 29.9 Å². The standard InChI is InChI=1S/C29H24ClF4N5O3/c30-21-7-4-8-23-25(21)38-28(42)22(15-39(23)19-12-16(14-35)11-18(31)13-19)37-27(41)20(9-10-29(32,33)34)24(26(36)40)17-5-2-1-3-6-17/h1-8,11-13,20,22,24H,9-10,15H2,(H2,36,40)(H,37,41)(H,38,42)/t20-,22+,24+/m1/s1. The average molecular weight is 602 g/mol. The second-order valence-electron chi connectivity index (χ2n) is 9.66. The van der Waals surface area contributed by atoms with Crippen molar-refractivity contribution < 1.29 is 31.9 Å². The van der Waals surface area contributed by atoms with Gasteiger partial charge in [0.05, 0.1) is 46.4 Å². The second-order valence-corrected chi connectivity index (χ2v) is 10.1. The highest BCUT2D eigenvalue weighted by atomic mass is 35.5. The first-order chi connectivity index (χ1) is 19.9. The van der Waals surface area contributed by atoms with Gasteiger partial charge in [0.1, 0.15) is 11.9 Å². The number of hydrogen-bond donors (Lipinski definition) is 3. The monoisotopic (exact) mass is 601 g/mol. The summed E-state index contributed by atoms with van der Waals surface area (Å²) in [5.41, 5.74) is 6.41. The lowest BCUT2D eigenvalue weighted by molar-refractivity contribution is -0.144. The quantitative estimate of drug-likeness (QED) is 0.308. The first kappa shape index (κ1) is 30.3. The Morgan fingerprint density at radius 2 is 1.86 bits per heavy atom. The summed E-state index contributed by atoms with van der Waals surface area (Å²) in [6.45, 7) is -0.322. The number of nitrogens with zero attached hydrogens (tertiary/aromatic N) is 2. The molecule has 13 heteroatoms. The minimum Gasteiger partial charge on any atom is -0.369 e. The fourth-order valence-electron chi connectivity index (χ4n) is 4.89. The lowest BCUT2D eigenvalue weighted by Crippen LogP contribution is -2.51. The Morgan fingerprint density at radius 3 is 2.50 bits per heavy atom. The number of nitrogens with one attached hydrogen (secondary N) is 2. The van der Waals surface area contributed by atoms with E-state index >= 15 is 0 Å². The Labute approximate surface area is 243 Å². The van der Waals surface area contributed by atoms with Crippen LogP contribution < -0.4 is 21.3 Å². The van der Waals surface area contributed by atoms with Gasteiger partial charge >= 0.3 is 6.18 Å². The third-order valence-electron chi connectivity index (χ3n) is 6.80. The second kappa shape index (κ2) is 12.5. The molecule has 42 heavy (non-hydrogen) atoms. The molecule has 8 nitrogen and oxygen atoms in total. The van der Waals surface area contributed by atoms with Crippen LogP contribution in [-0.2, 0) is 14.4 Å². The third kappa shape index (κ3) is 6.98. The number of amides is 3. The summed E-state index contributed by atoms with van der Waals surface area (Å²) in [4.78, 5) is 40.9. The highest BCUT2D eigenvalue weighted by Gasteiger charge is 2.40. The zero-order chi connectivity index (χ0) is 30.6. The van der Waals surface area contributed by atoms with E-state index in [4.69, 9.17) is 17.3 Å². The van der Waals surface area contributed by atoms with Crippen molar-refractivity contribution in [2.75, 3.05) is 16.8 Å². The number of nitrogens with two attached hydrogens (primary N) is 1. The van der Waals surface area contributed by atoms with E-state index in [0.29, 0.717) is 5.69 Å². The predicted molar refractivity (Wildman–Crippen MR) is 147 cm³/mol. The van der Waals surface area contributed by atoms with E-state index in [1.165, 1.54) is 29.2 Å². The Balaban J connectivity index is 1.73. The maximum absolute atomic E-state index is 14.4. The van der Waals surface area contributed by atoms with Gasteiger partial charge in [-0.3, -0.25) is 14.4 Å². The first-order valence-corrected chi connectivity index (χ1v) is 13.0. The Kier molecular flexibility index (Phi) is 9.02. The minimum absolute atomic E-state index is 0.0166. The van der Waals surface area contributed by atoms with E-state index in [0.717, 1.165) is 12.1 Å². The van der Waals surface area contributed by atoms with Crippen molar-refractivity contribution in [1.82, 2.24) is 5.32 Å². The number of alkyl halides is 3. The van der Waals surface area contributed by atoms with Gasteiger partial charge in [0, 0.05) is 12.1 Å². The number of halogens is 5. The van der Waals surface area contributed by atoms with E-state index in [-0.39, 0.29) is 34.1 Å². The topological polar surface area (TPSA) is 128 Å². The predicted octanol–water partition coefficient (Wildman–Crippen LogP) is 5.15. The fraction of sp³-hybridized carbons (Fsp3) is 0.241. The molecule has 3 aromatic rings. The first-order valence-electron chi connectivity index (χ1n) is 12.7. The third-order valence-corrected chi connectivity index (χ3v) is 7.11. The summed E-state index contributed by atoms with van der Waals surface area (Å²) in [6, 6.07) is 16.3. The molecule has 0 bridgehead atoms. The average Bonchev–Trinajstić information content (AvgIpc) is 3.07. The van der Waals surface area contributed by atoms with Gasteiger partial charge in [-0.1, -0.05) is 48.0 Å². The van der Waals surface area contributed by atoms with Crippen molar-refractivity contribution in [3.63, 3.8) is 0 Å². The number of hydrogen-bond acceptors (Lipinski definition) is 5. The maximum atomic E-state index is 14.4. The molecular weight excluding hydrogens is 578 g/mol. The number of carbonyl (C=O) groups is 3. The Hall–Kier alpha value is -4.63. The molecule has 0 unspecified atom stereocenters. The number of carbonyl (C=O) groups excluding carboxylic acids is 3. The van der Waals surface area contributed by atoms with Crippen LogP contribution in [0.15, 0.2) is 66.7 Å². The van der Waals surface area contributed by atoms with Gasteiger partial charge in [0.2, 0.25) is 17.7 Å². The van der Waals surface area contributed by atoms with Crippen LogP contribution >= 0.6 is 11.6 Å². The van der Waals surface area contributed by atoms with Crippen LogP contribution in [0.5, 0.6) is 0 Å². The molecule has 0 aliphatic carbocycles. The summed E-state index contributed by atoms with van der Waals surface area (Å²) in [7, 11) is 0. The lowest BCUT2D eigenvalue weighted by Gasteiger charge is -2.29. The zero-order valence-electron chi connectivity index (χ0n) is 21.8. The fourth-order valence-corrected chi connectivity index (χ4v) is 5.10. The summed E-state index contributed by atoms with van der Waals surface area (Å²) in [5.74, 6) is -6.54. The van der Waals surface area contributed by atoms with E-state index in [2.05, 4.69) is 10.6 Å². The molecule has 4 rings (SSSR count).